The quantitative estimate of drug-likeness (QED) is 0.561. The molecule has 0 aliphatic carbocycles. The topological polar surface area (TPSA) is 20.3 Å². The number of ketones is 1. The Kier molecular flexibility index (Phi) is 9.25. The molecule has 0 aliphatic rings. The number of hydrogen-bond donors (Lipinski definition) is 0. The van der Waals surface area contributed by atoms with Gasteiger partial charge in [0, 0.05) is 42.5 Å². The van der Waals surface area contributed by atoms with Gasteiger partial charge in [-0.05, 0) is 12.1 Å². The molecule has 1 aromatic rings. The predicted octanol–water partition coefficient (Wildman–Crippen LogP) is 3.99. The van der Waals surface area contributed by atoms with Gasteiger partial charge in [0.2, 0.25) is 0 Å². The number of Topliss-reactive ketones (excluding diaryl/α,β-unsaturated/α-hetero) is 1. The van der Waals surface area contributed by atoms with Crippen molar-refractivity contribution >= 4 is 47.1 Å². The van der Waals surface area contributed by atoms with Crippen LogP contribution >= 0.6 is 35.6 Å². The fourth-order valence-electron chi connectivity index (χ4n) is 1.73. The molecule has 0 heterocycles. The number of para-hydroxylation sites is 1. The van der Waals surface area contributed by atoms with E-state index in [2.05, 4.69) is 4.90 Å². The Morgan fingerprint density at radius 3 is 2.22 bits per heavy atom. The molecule has 0 saturated carbocycles. The number of rotatable bonds is 7. The van der Waals surface area contributed by atoms with Crippen LogP contribution in [0.1, 0.15) is 23.7 Å². The van der Waals surface area contributed by atoms with Crippen molar-refractivity contribution < 1.29 is 4.79 Å². The van der Waals surface area contributed by atoms with Crippen molar-refractivity contribution in [3.05, 3.63) is 29.8 Å². The number of hydrogen-bond acceptors (Lipinski definition) is 2. The molecule has 1 rings (SSSR count). The van der Waals surface area contributed by atoms with Gasteiger partial charge in [0.05, 0.1) is 0 Å². The normalized spacial score (nSPS) is 9.72. The zero-order valence-corrected chi connectivity index (χ0v) is 12.7. The van der Waals surface area contributed by atoms with Crippen LogP contribution < -0.4 is 4.90 Å². The molecule has 5 heteroatoms. The minimum atomic E-state index is 0. The van der Waals surface area contributed by atoms with E-state index >= 15 is 0 Å². The predicted molar refractivity (Wildman–Crippen MR) is 82.0 cm³/mol. The number of anilines is 1. The summed E-state index contributed by atoms with van der Waals surface area (Å²) < 4.78 is 0. The standard InChI is InChI=1S/C13H17Cl2NO.ClH/c1-2-13(17)11-5-3-4-6-12(11)16(9-7-14)10-8-15;/h3-6H,2,7-10H2,1H3;1H. The number of benzene rings is 1. The summed E-state index contributed by atoms with van der Waals surface area (Å²) >= 11 is 11.6. The minimum Gasteiger partial charge on any atom is -0.369 e. The summed E-state index contributed by atoms with van der Waals surface area (Å²) in [7, 11) is 0. The molecule has 2 nitrogen and oxygen atoms in total. The maximum atomic E-state index is 11.9. The number of carbonyl (C=O) groups excluding carboxylic acids is 1. The van der Waals surface area contributed by atoms with Crippen molar-refractivity contribution in [3.8, 4) is 0 Å². The molecule has 0 N–H and O–H groups in total. The third-order valence-corrected chi connectivity index (χ3v) is 2.91. The molecule has 102 valence electrons. The first-order chi connectivity index (χ1) is 8.24. The van der Waals surface area contributed by atoms with Crippen molar-refractivity contribution in [2.75, 3.05) is 29.7 Å². The molecule has 0 radical (unpaired) electrons. The molecular formula is C13H18Cl3NO. The Labute approximate surface area is 125 Å². The lowest BCUT2D eigenvalue weighted by Crippen LogP contribution is -2.29. The average Bonchev–Trinajstić information content (AvgIpc) is 2.37. The van der Waals surface area contributed by atoms with Gasteiger partial charge in [0.25, 0.3) is 0 Å². The van der Waals surface area contributed by atoms with Crippen LogP contribution in [0.3, 0.4) is 0 Å². The van der Waals surface area contributed by atoms with Crippen LogP contribution in [0.15, 0.2) is 24.3 Å². The highest BCUT2D eigenvalue weighted by Crippen LogP contribution is 2.21. The van der Waals surface area contributed by atoms with E-state index in [9.17, 15) is 4.79 Å². The summed E-state index contributed by atoms with van der Waals surface area (Å²) in [5.74, 6) is 1.19. The monoisotopic (exact) mass is 309 g/mol. The Morgan fingerprint density at radius 2 is 1.72 bits per heavy atom. The number of halogens is 3. The fraction of sp³-hybridized carbons (Fsp3) is 0.462. The van der Waals surface area contributed by atoms with Crippen molar-refractivity contribution in [2.24, 2.45) is 0 Å². The van der Waals surface area contributed by atoms with Crippen molar-refractivity contribution in [1.29, 1.82) is 0 Å². The highest BCUT2D eigenvalue weighted by molar-refractivity contribution is 6.18. The van der Waals surface area contributed by atoms with Gasteiger partial charge >= 0.3 is 0 Å². The smallest absolute Gasteiger partial charge is 0.164 e. The Bertz CT molecular complexity index is 365. The number of nitrogens with zero attached hydrogens (tertiary/aromatic N) is 1. The van der Waals surface area contributed by atoms with E-state index in [-0.39, 0.29) is 18.2 Å². The second-order valence-electron chi connectivity index (χ2n) is 3.66. The van der Waals surface area contributed by atoms with Gasteiger partial charge in [-0.1, -0.05) is 19.1 Å². The summed E-state index contributed by atoms with van der Waals surface area (Å²) in [4.78, 5) is 13.9. The molecule has 0 atom stereocenters. The van der Waals surface area contributed by atoms with Crippen LogP contribution in [0.25, 0.3) is 0 Å². The van der Waals surface area contributed by atoms with Gasteiger partial charge in [-0.2, -0.15) is 0 Å². The highest BCUT2D eigenvalue weighted by Gasteiger charge is 2.14. The van der Waals surface area contributed by atoms with E-state index in [1.54, 1.807) is 0 Å². The van der Waals surface area contributed by atoms with Gasteiger partial charge in [-0.3, -0.25) is 4.79 Å². The van der Waals surface area contributed by atoms with Crippen molar-refractivity contribution in [2.45, 2.75) is 13.3 Å². The first kappa shape index (κ1) is 17.6. The summed E-state index contributed by atoms with van der Waals surface area (Å²) in [6, 6.07) is 7.61. The lowest BCUT2D eigenvalue weighted by Gasteiger charge is -2.25. The van der Waals surface area contributed by atoms with Crippen molar-refractivity contribution in [3.63, 3.8) is 0 Å². The largest absolute Gasteiger partial charge is 0.369 e. The van der Waals surface area contributed by atoms with Gasteiger partial charge in [-0.25, -0.2) is 0 Å². The van der Waals surface area contributed by atoms with Gasteiger partial charge in [0.1, 0.15) is 0 Å². The lowest BCUT2D eigenvalue weighted by atomic mass is 10.1. The van der Waals surface area contributed by atoms with Gasteiger partial charge in [0.15, 0.2) is 5.78 Å². The number of alkyl halides is 2. The zero-order chi connectivity index (χ0) is 12.7. The molecule has 0 spiro atoms. The van der Waals surface area contributed by atoms with Crippen LogP contribution in [0.5, 0.6) is 0 Å². The second-order valence-corrected chi connectivity index (χ2v) is 4.41. The van der Waals surface area contributed by atoms with Gasteiger partial charge in [-0.15, -0.1) is 35.6 Å². The molecule has 0 saturated heterocycles. The van der Waals surface area contributed by atoms with E-state index in [1.807, 2.05) is 31.2 Å². The summed E-state index contributed by atoms with van der Waals surface area (Å²) in [6.45, 7) is 3.26. The fourth-order valence-corrected chi connectivity index (χ4v) is 2.14. The molecule has 0 amide bonds. The Balaban J connectivity index is 0.00000289. The molecule has 1 aromatic carbocycles. The third-order valence-electron chi connectivity index (χ3n) is 2.58. The molecule has 0 bridgehead atoms. The molecule has 0 aliphatic heterocycles. The minimum absolute atomic E-state index is 0. The van der Waals surface area contributed by atoms with Crippen LogP contribution in [-0.4, -0.2) is 30.6 Å². The van der Waals surface area contributed by atoms with Crippen LogP contribution in [0.2, 0.25) is 0 Å². The van der Waals surface area contributed by atoms with E-state index in [1.165, 1.54) is 0 Å². The lowest BCUT2D eigenvalue weighted by molar-refractivity contribution is 0.0988. The summed E-state index contributed by atoms with van der Waals surface area (Å²) in [5.41, 5.74) is 1.69. The molecule has 18 heavy (non-hydrogen) atoms. The maximum Gasteiger partial charge on any atom is 0.164 e. The first-order valence-electron chi connectivity index (χ1n) is 5.73. The van der Waals surface area contributed by atoms with E-state index < -0.39 is 0 Å². The maximum absolute atomic E-state index is 11.9. The zero-order valence-electron chi connectivity index (χ0n) is 10.4. The summed E-state index contributed by atoms with van der Waals surface area (Å²) in [6.07, 6.45) is 0.507. The molecular weight excluding hydrogens is 293 g/mol. The third kappa shape index (κ3) is 4.68. The Hall–Kier alpha value is -0.440. The van der Waals surface area contributed by atoms with Crippen LogP contribution in [0, 0.1) is 0 Å². The van der Waals surface area contributed by atoms with Gasteiger partial charge < -0.3 is 4.90 Å². The molecule has 0 fully saturated rings. The Morgan fingerprint density at radius 1 is 1.17 bits per heavy atom. The van der Waals surface area contributed by atoms with Crippen molar-refractivity contribution in [1.82, 2.24) is 0 Å². The highest BCUT2D eigenvalue weighted by atomic mass is 35.5. The SMILES string of the molecule is CCC(=O)c1ccccc1N(CCCl)CCCl.Cl. The van der Waals surface area contributed by atoms with E-state index in [4.69, 9.17) is 23.2 Å². The summed E-state index contributed by atoms with van der Waals surface area (Å²) in [5, 5.41) is 0. The molecule has 0 aromatic heterocycles. The van der Waals surface area contributed by atoms with Crippen LogP contribution in [-0.2, 0) is 0 Å². The van der Waals surface area contributed by atoms with E-state index in [0.717, 1.165) is 11.3 Å². The first-order valence-corrected chi connectivity index (χ1v) is 6.80. The second kappa shape index (κ2) is 9.48. The number of carbonyl (C=O) groups is 1. The average molecular weight is 311 g/mol. The van der Waals surface area contributed by atoms with E-state index in [0.29, 0.717) is 31.3 Å². The van der Waals surface area contributed by atoms with Crippen LogP contribution in [0.4, 0.5) is 5.69 Å². The molecule has 0 unspecified atom stereocenters.